The topological polar surface area (TPSA) is 38.7 Å². The summed E-state index contributed by atoms with van der Waals surface area (Å²) in [5.74, 6) is 1.99. The Kier molecular flexibility index (Phi) is 6.36. The summed E-state index contributed by atoms with van der Waals surface area (Å²) in [6.07, 6.45) is 0. The summed E-state index contributed by atoms with van der Waals surface area (Å²) in [6.45, 7) is 6.38. The van der Waals surface area contributed by atoms with Crippen molar-refractivity contribution in [2.45, 2.75) is 26.2 Å². The molecule has 0 aliphatic rings. The lowest BCUT2D eigenvalue weighted by molar-refractivity contribution is 0.422. The van der Waals surface area contributed by atoms with E-state index in [1.54, 1.807) is 14.2 Å². The predicted octanol–water partition coefficient (Wildman–Crippen LogP) is 6.77. The third-order valence-electron chi connectivity index (χ3n) is 6.67. The highest BCUT2D eigenvalue weighted by molar-refractivity contribution is 7.80. The number of fused-ring (bicyclic) bond motifs is 2. The minimum Gasteiger partial charge on any atom is -0.507 e. The van der Waals surface area contributed by atoms with Gasteiger partial charge in [-0.3, -0.25) is 0 Å². The minimum absolute atomic E-state index is 0.206. The van der Waals surface area contributed by atoms with Crippen molar-refractivity contribution in [2.24, 2.45) is 0 Å². The van der Waals surface area contributed by atoms with E-state index in [4.69, 9.17) is 9.47 Å². The molecule has 0 aliphatic carbocycles. The molecule has 0 amide bonds. The number of rotatable bonds is 5. The number of para-hydroxylation sites is 1. The van der Waals surface area contributed by atoms with Crippen LogP contribution in [0.3, 0.4) is 0 Å². The molecule has 0 saturated carbocycles. The van der Waals surface area contributed by atoms with Crippen molar-refractivity contribution in [3.8, 4) is 17.2 Å². The van der Waals surface area contributed by atoms with Crippen molar-refractivity contribution in [3.05, 3.63) is 96.6 Å². The summed E-state index contributed by atoms with van der Waals surface area (Å²) in [5, 5.41) is 19.0. The zero-order chi connectivity index (χ0) is 25.4. The summed E-state index contributed by atoms with van der Waals surface area (Å²) in [5.41, 5.74) is 0.717. The molecule has 0 aromatic heterocycles. The largest absolute Gasteiger partial charge is 0.507 e. The average molecular weight is 495 g/mol. The van der Waals surface area contributed by atoms with Gasteiger partial charge in [-0.05, 0) is 41.8 Å². The quantitative estimate of drug-likeness (QED) is 0.274. The van der Waals surface area contributed by atoms with E-state index < -0.39 is 7.92 Å². The van der Waals surface area contributed by atoms with Crippen LogP contribution in [-0.4, -0.2) is 19.3 Å². The maximum absolute atomic E-state index is 11.7. The molecule has 0 heterocycles. The van der Waals surface area contributed by atoms with Crippen molar-refractivity contribution in [3.63, 3.8) is 0 Å². The van der Waals surface area contributed by atoms with Gasteiger partial charge < -0.3 is 14.6 Å². The van der Waals surface area contributed by atoms with Crippen LogP contribution in [0.2, 0.25) is 0 Å². The molecule has 36 heavy (non-hydrogen) atoms. The highest BCUT2D eigenvalue weighted by atomic mass is 31.1. The van der Waals surface area contributed by atoms with Crippen LogP contribution in [0.5, 0.6) is 17.2 Å². The molecule has 0 bridgehead atoms. The van der Waals surface area contributed by atoms with E-state index in [0.29, 0.717) is 5.75 Å². The minimum atomic E-state index is -1.23. The molecule has 0 radical (unpaired) electrons. The van der Waals surface area contributed by atoms with Gasteiger partial charge in [-0.15, -0.1) is 0 Å². The third kappa shape index (κ3) is 4.08. The van der Waals surface area contributed by atoms with Gasteiger partial charge in [0.1, 0.15) is 17.2 Å². The van der Waals surface area contributed by atoms with Crippen LogP contribution in [0.1, 0.15) is 26.3 Å². The molecule has 0 saturated heterocycles. The number of aromatic hydroxyl groups is 1. The van der Waals surface area contributed by atoms with Gasteiger partial charge in [-0.25, -0.2) is 0 Å². The fourth-order valence-corrected chi connectivity index (χ4v) is 7.57. The summed E-state index contributed by atoms with van der Waals surface area (Å²) in [4.78, 5) is 0. The lowest BCUT2D eigenvalue weighted by Gasteiger charge is -2.28. The van der Waals surface area contributed by atoms with E-state index in [2.05, 4.69) is 69.3 Å². The average Bonchev–Trinajstić information content (AvgIpc) is 2.88. The molecule has 0 atom stereocenters. The molecule has 0 fully saturated rings. The number of phenolic OH excluding ortho intramolecular Hbond substituents is 1. The van der Waals surface area contributed by atoms with Gasteiger partial charge in [-0.2, -0.15) is 0 Å². The van der Waals surface area contributed by atoms with Crippen molar-refractivity contribution in [1.29, 1.82) is 0 Å². The zero-order valence-electron chi connectivity index (χ0n) is 21.4. The Morgan fingerprint density at radius 1 is 0.583 bits per heavy atom. The van der Waals surface area contributed by atoms with E-state index >= 15 is 0 Å². The SMILES string of the molecule is COc1c(P(c2cccc(C(C)(C)C)c2O)c2ccc3ccccc3c2OC)ccc2ccccc12. The van der Waals surface area contributed by atoms with Crippen LogP contribution in [0.25, 0.3) is 21.5 Å². The lowest BCUT2D eigenvalue weighted by Crippen LogP contribution is -2.25. The number of hydrogen-bond acceptors (Lipinski definition) is 3. The van der Waals surface area contributed by atoms with Crippen molar-refractivity contribution in [1.82, 2.24) is 0 Å². The Labute approximate surface area is 214 Å². The number of hydrogen-bond donors (Lipinski definition) is 1. The van der Waals surface area contributed by atoms with Gasteiger partial charge in [0.2, 0.25) is 0 Å². The molecule has 0 spiro atoms. The molecule has 5 aromatic rings. The van der Waals surface area contributed by atoms with Crippen LogP contribution < -0.4 is 25.4 Å². The first-order valence-corrected chi connectivity index (χ1v) is 13.4. The molecule has 5 rings (SSSR count). The summed E-state index contributed by atoms with van der Waals surface area (Å²) >= 11 is 0. The predicted molar refractivity (Wildman–Crippen MR) is 154 cm³/mol. The van der Waals surface area contributed by atoms with Gasteiger partial charge in [0.05, 0.1) is 14.2 Å². The summed E-state index contributed by atoms with van der Waals surface area (Å²) in [6, 6.07) is 31.2. The number of methoxy groups -OCH3 is 2. The summed E-state index contributed by atoms with van der Waals surface area (Å²) in [7, 11) is 2.22. The van der Waals surface area contributed by atoms with Crippen LogP contribution >= 0.6 is 7.92 Å². The smallest absolute Gasteiger partial charge is 0.135 e. The molecule has 3 nitrogen and oxygen atoms in total. The van der Waals surface area contributed by atoms with E-state index in [0.717, 1.165) is 54.5 Å². The monoisotopic (exact) mass is 494 g/mol. The Morgan fingerprint density at radius 2 is 1.08 bits per heavy atom. The molecule has 5 aromatic carbocycles. The van der Waals surface area contributed by atoms with Gasteiger partial charge >= 0.3 is 0 Å². The van der Waals surface area contributed by atoms with E-state index in [1.807, 2.05) is 42.5 Å². The van der Waals surface area contributed by atoms with E-state index in [1.165, 1.54) is 0 Å². The van der Waals surface area contributed by atoms with E-state index in [-0.39, 0.29) is 5.41 Å². The first-order valence-electron chi connectivity index (χ1n) is 12.1. The van der Waals surface area contributed by atoms with Gasteiger partial charge in [-0.1, -0.05) is 99.6 Å². The maximum Gasteiger partial charge on any atom is 0.135 e. The first-order chi connectivity index (χ1) is 17.3. The molecule has 4 heteroatoms. The molecule has 0 unspecified atom stereocenters. The highest BCUT2D eigenvalue weighted by Crippen LogP contribution is 2.46. The lowest BCUT2D eigenvalue weighted by atomic mass is 9.86. The normalized spacial score (nSPS) is 11.8. The van der Waals surface area contributed by atoms with Crippen LogP contribution in [0.4, 0.5) is 0 Å². The Bertz CT molecular complexity index is 1480. The van der Waals surface area contributed by atoms with Crippen LogP contribution in [0, 0.1) is 0 Å². The molecule has 1 N–H and O–H groups in total. The van der Waals surface area contributed by atoms with Gasteiger partial charge in [0.15, 0.2) is 0 Å². The fourth-order valence-electron chi connectivity index (χ4n) is 4.95. The van der Waals surface area contributed by atoms with E-state index in [9.17, 15) is 5.11 Å². The van der Waals surface area contributed by atoms with Gasteiger partial charge in [0.25, 0.3) is 0 Å². The standard InChI is InChI=1S/C32H31O3P/c1-32(2,3)25-15-10-16-26(29(25)33)36(27-19-17-21-11-6-8-13-23(21)30(27)34-4)28-20-18-22-12-7-9-14-24(22)31(28)35-5/h6-20,33H,1-5H3. The fraction of sp³-hybridized carbons (Fsp3) is 0.188. The Balaban J connectivity index is 1.89. The van der Waals surface area contributed by atoms with Crippen LogP contribution in [-0.2, 0) is 5.41 Å². The molecular weight excluding hydrogens is 463 g/mol. The highest BCUT2D eigenvalue weighted by Gasteiger charge is 2.30. The van der Waals surface area contributed by atoms with Crippen molar-refractivity contribution < 1.29 is 14.6 Å². The van der Waals surface area contributed by atoms with Crippen molar-refractivity contribution in [2.75, 3.05) is 14.2 Å². The first kappa shape index (κ1) is 24.2. The second-order valence-electron chi connectivity index (χ2n) is 9.94. The Morgan fingerprint density at radius 3 is 1.56 bits per heavy atom. The number of ether oxygens (including phenoxy) is 2. The zero-order valence-corrected chi connectivity index (χ0v) is 22.3. The second-order valence-corrected chi connectivity index (χ2v) is 12.1. The molecule has 0 aliphatic heterocycles. The van der Waals surface area contributed by atoms with Crippen LogP contribution in [0.15, 0.2) is 91.0 Å². The Hall–Kier alpha value is -3.55. The third-order valence-corrected chi connectivity index (χ3v) is 9.18. The van der Waals surface area contributed by atoms with Gasteiger partial charge in [0, 0.05) is 26.7 Å². The number of phenols is 1. The maximum atomic E-state index is 11.7. The molecule has 182 valence electrons. The molecular formula is C32H31O3P. The van der Waals surface area contributed by atoms with Crippen molar-refractivity contribution >= 4 is 45.4 Å². The second kappa shape index (κ2) is 9.48. The summed E-state index contributed by atoms with van der Waals surface area (Å²) < 4.78 is 12.1. The number of benzene rings is 5.